The third-order valence-electron chi connectivity index (χ3n) is 1.72. The van der Waals surface area contributed by atoms with Crippen LogP contribution in [0, 0.1) is 6.92 Å². The molecule has 3 nitrogen and oxygen atoms in total. The molecule has 0 aliphatic heterocycles. The molecular weight excluding hydrogens is 182 g/mol. The summed E-state index contributed by atoms with van der Waals surface area (Å²) < 4.78 is 0. The van der Waals surface area contributed by atoms with E-state index < -0.39 is 0 Å². The van der Waals surface area contributed by atoms with Crippen LogP contribution in [-0.2, 0) is 0 Å². The third kappa shape index (κ3) is 1.53. The lowest BCUT2D eigenvalue weighted by Crippen LogP contribution is -1.88. The van der Waals surface area contributed by atoms with E-state index in [0.717, 1.165) is 21.3 Å². The third-order valence-corrected chi connectivity index (χ3v) is 2.59. The van der Waals surface area contributed by atoms with Gasteiger partial charge in [-0.3, -0.25) is 0 Å². The van der Waals surface area contributed by atoms with Crippen molar-refractivity contribution < 1.29 is 0 Å². The molecule has 2 aromatic rings. The number of benzene rings is 1. The summed E-state index contributed by atoms with van der Waals surface area (Å²) in [6.45, 7) is 1.93. The van der Waals surface area contributed by atoms with Crippen molar-refractivity contribution in [3.05, 3.63) is 29.3 Å². The lowest BCUT2D eigenvalue weighted by molar-refractivity contribution is 1.05. The van der Waals surface area contributed by atoms with E-state index in [1.54, 1.807) is 11.3 Å². The standard InChI is InChI=1S/C9H9N3S/c1-6-11-12-9(13-6)7-4-2-3-5-8(7)10/h2-5H,10H2,1H3. The van der Waals surface area contributed by atoms with E-state index in [4.69, 9.17) is 5.73 Å². The highest BCUT2D eigenvalue weighted by molar-refractivity contribution is 7.14. The Labute approximate surface area is 80.2 Å². The highest BCUT2D eigenvalue weighted by Crippen LogP contribution is 2.27. The van der Waals surface area contributed by atoms with Crippen molar-refractivity contribution >= 4 is 17.0 Å². The summed E-state index contributed by atoms with van der Waals surface area (Å²) in [6, 6.07) is 7.68. The fraction of sp³-hybridized carbons (Fsp3) is 0.111. The van der Waals surface area contributed by atoms with Gasteiger partial charge >= 0.3 is 0 Å². The number of nitrogens with zero attached hydrogens (tertiary/aromatic N) is 2. The Morgan fingerprint density at radius 2 is 2.00 bits per heavy atom. The molecule has 0 unspecified atom stereocenters. The zero-order valence-corrected chi connectivity index (χ0v) is 8.01. The maximum atomic E-state index is 5.80. The van der Waals surface area contributed by atoms with Crippen LogP contribution in [0.1, 0.15) is 5.01 Å². The number of hydrogen-bond acceptors (Lipinski definition) is 4. The van der Waals surface area contributed by atoms with Crippen molar-refractivity contribution in [2.75, 3.05) is 5.73 Å². The summed E-state index contributed by atoms with van der Waals surface area (Å²) in [6.07, 6.45) is 0. The SMILES string of the molecule is Cc1nnc(-c2ccccc2N)s1. The first kappa shape index (κ1) is 8.19. The van der Waals surface area contributed by atoms with Crippen molar-refractivity contribution in [1.82, 2.24) is 10.2 Å². The van der Waals surface area contributed by atoms with Crippen LogP contribution in [0.15, 0.2) is 24.3 Å². The molecule has 4 heteroatoms. The average Bonchev–Trinajstić information content (AvgIpc) is 2.53. The lowest BCUT2D eigenvalue weighted by Gasteiger charge is -1.98. The van der Waals surface area contributed by atoms with Gasteiger partial charge in [-0.1, -0.05) is 23.5 Å². The predicted molar refractivity (Wildman–Crippen MR) is 54.5 cm³/mol. The number of aryl methyl sites for hydroxylation is 1. The zero-order chi connectivity index (χ0) is 9.26. The van der Waals surface area contributed by atoms with Gasteiger partial charge in [0.2, 0.25) is 0 Å². The second kappa shape index (κ2) is 3.14. The average molecular weight is 191 g/mol. The molecule has 0 spiro atoms. The molecule has 2 rings (SSSR count). The topological polar surface area (TPSA) is 51.8 Å². The molecule has 0 saturated heterocycles. The monoisotopic (exact) mass is 191 g/mol. The van der Waals surface area contributed by atoms with Crippen LogP contribution in [0.4, 0.5) is 5.69 Å². The van der Waals surface area contributed by atoms with Crippen molar-refractivity contribution in [3.63, 3.8) is 0 Å². The van der Waals surface area contributed by atoms with Gasteiger partial charge in [-0.05, 0) is 19.1 Å². The van der Waals surface area contributed by atoms with Gasteiger partial charge in [-0.25, -0.2) is 0 Å². The second-order valence-electron chi connectivity index (χ2n) is 2.71. The Bertz CT molecular complexity index is 422. The van der Waals surface area contributed by atoms with Crippen molar-refractivity contribution in [3.8, 4) is 10.6 Å². The maximum absolute atomic E-state index is 5.80. The van der Waals surface area contributed by atoms with E-state index in [1.807, 2.05) is 31.2 Å². The first-order valence-electron chi connectivity index (χ1n) is 3.92. The Morgan fingerprint density at radius 3 is 2.62 bits per heavy atom. The number of hydrogen-bond donors (Lipinski definition) is 1. The van der Waals surface area contributed by atoms with Gasteiger partial charge in [-0.2, -0.15) is 0 Å². The number of nitrogen functional groups attached to an aromatic ring is 1. The molecule has 66 valence electrons. The molecule has 0 amide bonds. The number of nitrogens with two attached hydrogens (primary N) is 1. The fourth-order valence-corrected chi connectivity index (χ4v) is 1.84. The molecule has 1 aromatic heterocycles. The quantitative estimate of drug-likeness (QED) is 0.702. The van der Waals surface area contributed by atoms with Gasteiger partial charge in [-0.15, -0.1) is 10.2 Å². The smallest absolute Gasteiger partial charge is 0.149 e. The minimum absolute atomic E-state index is 0.749. The van der Waals surface area contributed by atoms with Crippen molar-refractivity contribution in [2.45, 2.75) is 6.92 Å². The molecule has 0 radical (unpaired) electrons. The molecule has 0 fully saturated rings. The Morgan fingerprint density at radius 1 is 1.23 bits per heavy atom. The first-order valence-corrected chi connectivity index (χ1v) is 4.74. The Balaban J connectivity index is 2.52. The Kier molecular flexibility index (Phi) is 1.98. The number of rotatable bonds is 1. The van der Waals surface area contributed by atoms with E-state index in [-0.39, 0.29) is 0 Å². The second-order valence-corrected chi connectivity index (χ2v) is 3.90. The molecule has 2 N–H and O–H groups in total. The zero-order valence-electron chi connectivity index (χ0n) is 7.19. The summed E-state index contributed by atoms with van der Waals surface area (Å²) >= 11 is 1.55. The Hall–Kier alpha value is -1.42. The first-order chi connectivity index (χ1) is 6.27. The van der Waals surface area contributed by atoms with Crippen molar-refractivity contribution in [1.29, 1.82) is 0 Å². The summed E-state index contributed by atoms with van der Waals surface area (Å²) in [5, 5.41) is 9.82. The number of para-hydroxylation sites is 1. The van der Waals surface area contributed by atoms with Gasteiger partial charge in [0.05, 0.1) is 0 Å². The van der Waals surface area contributed by atoms with Gasteiger partial charge in [0.25, 0.3) is 0 Å². The summed E-state index contributed by atoms with van der Waals surface area (Å²) in [5.41, 5.74) is 7.52. The highest BCUT2D eigenvalue weighted by Gasteiger charge is 2.05. The molecule has 0 atom stereocenters. The van der Waals surface area contributed by atoms with Gasteiger partial charge in [0.15, 0.2) is 0 Å². The largest absolute Gasteiger partial charge is 0.398 e. The summed E-state index contributed by atoms with van der Waals surface area (Å²) in [5.74, 6) is 0. The van der Waals surface area contributed by atoms with Crippen LogP contribution >= 0.6 is 11.3 Å². The maximum Gasteiger partial charge on any atom is 0.149 e. The van der Waals surface area contributed by atoms with Crippen molar-refractivity contribution in [2.24, 2.45) is 0 Å². The number of anilines is 1. The minimum atomic E-state index is 0.749. The van der Waals surface area contributed by atoms with Gasteiger partial charge < -0.3 is 5.73 Å². The number of aromatic nitrogens is 2. The highest BCUT2D eigenvalue weighted by atomic mass is 32.1. The molecule has 1 heterocycles. The van der Waals surface area contributed by atoms with E-state index in [2.05, 4.69) is 10.2 Å². The molecule has 1 aromatic carbocycles. The van der Waals surface area contributed by atoms with E-state index in [9.17, 15) is 0 Å². The van der Waals surface area contributed by atoms with Gasteiger partial charge in [0, 0.05) is 11.3 Å². The molecule has 0 aliphatic rings. The van der Waals surface area contributed by atoms with Crippen LogP contribution < -0.4 is 5.73 Å². The summed E-state index contributed by atoms with van der Waals surface area (Å²) in [7, 11) is 0. The van der Waals surface area contributed by atoms with E-state index in [0.29, 0.717) is 0 Å². The van der Waals surface area contributed by atoms with Crippen LogP contribution in [0.3, 0.4) is 0 Å². The van der Waals surface area contributed by atoms with Crippen LogP contribution in [0.5, 0.6) is 0 Å². The van der Waals surface area contributed by atoms with E-state index in [1.165, 1.54) is 0 Å². The van der Waals surface area contributed by atoms with Crippen LogP contribution in [0.2, 0.25) is 0 Å². The predicted octanol–water partition coefficient (Wildman–Crippen LogP) is 2.10. The minimum Gasteiger partial charge on any atom is -0.398 e. The van der Waals surface area contributed by atoms with Gasteiger partial charge in [0.1, 0.15) is 10.0 Å². The summed E-state index contributed by atoms with van der Waals surface area (Å²) in [4.78, 5) is 0. The lowest BCUT2D eigenvalue weighted by atomic mass is 10.2. The normalized spacial score (nSPS) is 10.2. The molecular formula is C9H9N3S. The molecule has 0 bridgehead atoms. The van der Waals surface area contributed by atoms with Crippen LogP contribution in [-0.4, -0.2) is 10.2 Å². The molecule has 13 heavy (non-hydrogen) atoms. The van der Waals surface area contributed by atoms with Crippen LogP contribution in [0.25, 0.3) is 10.6 Å². The van der Waals surface area contributed by atoms with E-state index >= 15 is 0 Å². The fourth-order valence-electron chi connectivity index (χ4n) is 1.10. The molecule has 0 aliphatic carbocycles. The molecule has 0 saturated carbocycles.